The van der Waals surface area contributed by atoms with E-state index < -0.39 is 18.4 Å². The van der Waals surface area contributed by atoms with Gasteiger partial charge in [-0.15, -0.1) is 10.2 Å². The molecule has 4 nitrogen and oxygen atoms in total. The first kappa shape index (κ1) is 16.3. The summed E-state index contributed by atoms with van der Waals surface area (Å²) >= 11 is 0. The number of ether oxygens (including phenoxy) is 1. The summed E-state index contributed by atoms with van der Waals surface area (Å²) in [6, 6.07) is 4.08. The Morgan fingerprint density at radius 1 is 1.18 bits per heavy atom. The lowest BCUT2D eigenvalue weighted by molar-refractivity contribution is -0.136. The Kier molecular flexibility index (Phi) is 5.35. The molecule has 0 amide bonds. The van der Waals surface area contributed by atoms with Crippen molar-refractivity contribution in [3.63, 3.8) is 0 Å². The Balaban J connectivity index is 1.86. The molecule has 0 unspecified atom stereocenters. The van der Waals surface area contributed by atoms with Gasteiger partial charge < -0.3 is 9.15 Å². The minimum absolute atomic E-state index is 0.0752. The van der Waals surface area contributed by atoms with E-state index in [4.69, 9.17) is 9.15 Å². The third-order valence-electron chi connectivity index (χ3n) is 2.90. The van der Waals surface area contributed by atoms with Crippen molar-refractivity contribution in [2.24, 2.45) is 0 Å². The van der Waals surface area contributed by atoms with Crippen LogP contribution in [-0.4, -0.2) is 23.0 Å². The second-order valence-corrected chi connectivity index (χ2v) is 4.65. The predicted octanol–water partition coefficient (Wildman–Crippen LogP) is 3.72. The Hall–Kier alpha value is -2.12. The zero-order valence-corrected chi connectivity index (χ0v) is 11.6. The molecule has 0 aliphatic heterocycles. The van der Waals surface area contributed by atoms with Crippen LogP contribution in [0.2, 0.25) is 0 Å². The SMILES string of the molecule is Fc1ccc(OCCCC(F)(F)F)cc1CCc1nnco1. The third-order valence-corrected chi connectivity index (χ3v) is 2.90. The number of benzene rings is 1. The number of alkyl halides is 3. The van der Waals surface area contributed by atoms with Gasteiger partial charge in [-0.25, -0.2) is 4.39 Å². The van der Waals surface area contributed by atoms with Crippen molar-refractivity contribution in [2.45, 2.75) is 31.9 Å². The fraction of sp³-hybridized carbons (Fsp3) is 0.429. The topological polar surface area (TPSA) is 48.2 Å². The molecule has 0 atom stereocenters. The van der Waals surface area contributed by atoms with Crippen LogP contribution in [0.1, 0.15) is 24.3 Å². The second-order valence-electron chi connectivity index (χ2n) is 4.65. The van der Waals surface area contributed by atoms with E-state index in [2.05, 4.69) is 10.2 Å². The fourth-order valence-corrected chi connectivity index (χ4v) is 1.84. The van der Waals surface area contributed by atoms with Gasteiger partial charge in [0.2, 0.25) is 12.3 Å². The molecule has 0 aliphatic carbocycles. The van der Waals surface area contributed by atoms with E-state index in [9.17, 15) is 17.6 Å². The van der Waals surface area contributed by atoms with Crippen LogP contribution in [0, 0.1) is 5.82 Å². The van der Waals surface area contributed by atoms with E-state index in [0.29, 0.717) is 30.0 Å². The lowest BCUT2D eigenvalue weighted by Gasteiger charge is -2.10. The van der Waals surface area contributed by atoms with Crippen LogP contribution in [0.4, 0.5) is 17.6 Å². The predicted molar refractivity (Wildman–Crippen MR) is 68.9 cm³/mol. The first-order valence-corrected chi connectivity index (χ1v) is 6.67. The molecule has 0 aliphatic rings. The van der Waals surface area contributed by atoms with Gasteiger partial charge in [0.25, 0.3) is 0 Å². The summed E-state index contributed by atoms with van der Waals surface area (Å²) in [5.74, 6) is 0.308. The van der Waals surface area contributed by atoms with Gasteiger partial charge in [0.15, 0.2) is 0 Å². The van der Waals surface area contributed by atoms with E-state index in [1.165, 1.54) is 24.6 Å². The highest BCUT2D eigenvalue weighted by molar-refractivity contribution is 5.30. The van der Waals surface area contributed by atoms with E-state index in [-0.39, 0.29) is 13.0 Å². The lowest BCUT2D eigenvalue weighted by Crippen LogP contribution is -2.09. The molecule has 0 saturated heterocycles. The number of aromatic nitrogens is 2. The maximum Gasteiger partial charge on any atom is 0.389 e. The third kappa shape index (κ3) is 5.34. The van der Waals surface area contributed by atoms with E-state index in [1.807, 2.05) is 0 Å². The maximum absolute atomic E-state index is 13.7. The van der Waals surface area contributed by atoms with Gasteiger partial charge >= 0.3 is 6.18 Å². The molecule has 0 spiro atoms. The van der Waals surface area contributed by atoms with Crippen molar-refractivity contribution in [3.05, 3.63) is 41.9 Å². The van der Waals surface area contributed by atoms with E-state index in [0.717, 1.165) is 0 Å². The molecular weight excluding hydrogens is 304 g/mol. The van der Waals surface area contributed by atoms with Crippen molar-refractivity contribution in [1.82, 2.24) is 10.2 Å². The molecule has 1 heterocycles. The first-order valence-electron chi connectivity index (χ1n) is 6.67. The van der Waals surface area contributed by atoms with Crippen molar-refractivity contribution >= 4 is 0 Å². The molecule has 120 valence electrons. The van der Waals surface area contributed by atoms with Gasteiger partial charge in [-0.3, -0.25) is 0 Å². The molecule has 0 radical (unpaired) electrons. The summed E-state index contributed by atoms with van der Waals surface area (Å²) < 4.78 is 59.9. The average Bonchev–Trinajstić information content (AvgIpc) is 2.96. The highest BCUT2D eigenvalue weighted by Gasteiger charge is 2.26. The Bertz CT molecular complexity index is 585. The Labute approximate surface area is 124 Å². The van der Waals surface area contributed by atoms with Crippen LogP contribution in [0.15, 0.2) is 29.0 Å². The minimum Gasteiger partial charge on any atom is -0.494 e. The Morgan fingerprint density at radius 2 is 2.00 bits per heavy atom. The van der Waals surface area contributed by atoms with E-state index in [1.54, 1.807) is 0 Å². The standard InChI is InChI=1S/C14H14F4N2O2/c15-12-4-3-11(21-7-1-6-14(16,17)18)8-10(12)2-5-13-20-19-9-22-13/h3-4,8-9H,1-2,5-7H2. The summed E-state index contributed by atoms with van der Waals surface area (Å²) in [7, 11) is 0. The molecule has 1 aromatic heterocycles. The lowest BCUT2D eigenvalue weighted by atomic mass is 10.1. The molecule has 1 aromatic carbocycles. The van der Waals surface area contributed by atoms with Crippen molar-refractivity contribution in [2.75, 3.05) is 6.61 Å². The summed E-state index contributed by atoms with van der Waals surface area (Å²) in [4.78, 5) is 0. The highest BCUT2D eigenvalue weighted by atomic mass is 19.4. The zero-order valence-electron chi connectivity index (χ0n) is 11.6. The largest absolute Gasteiger partial charge is 0.494 e. The van der Waals surface area contributed by atoms with Gasteiger partial charge in [0.05, 0.1) is 6.61 Å². The van der Waals surface area contributed by atoms with Crippen LogP contribution in [-0.2, 0) is 12.8 Å². The molecule has 2 rings (SSSR count). The normalized spacial score (nSPS) is 11.6. The second kappa shape index (κ2) is 7.24. The van der Waals surface area contributed by atoms with Gasteiger partial charge in [0.1, 0.15) is 11.6 Å². The summed E-state index contributed by atoms with van der Waals surface area (Å²) in [6.45, 7) is -0.0752. The maximum atomic E-state index is 13.7. The van der Waals surface area contributed by atoms with Gasteiger partial charge in [-0.1, -0.05) is 0 Å². The molecule has 2 aromatic rings. The van der Waals surface area contributed by atoms with Crippen LogP contribution in [0.3, 0.4) is 0 Å². The molecule has 0 N–H and O–H groups in total. The number of hydrogen-bond donors (Lipinski definition) is 0. The summed E-state index contributed by atoms with van der Waals surface area (Å²) in [6.07, 6.45) is -3.36. The van der Waals surface area contributed by atoms with Gasteiger partial charge in [-0.05, 0) is 36.6 Å². The zero-order chi connectivity index (χ0) is 16.0. The molecule has 0 fully saturated rings. The molecule has 8 heteroatoms. The van der Waals surface area contributed by atoms with Crippen molar-refractivity contribution in [3.8, 4) is 5.75 Å². The highest BCUT2D eigenvalue weighted by Crippen LogP contribution is 2.22. The van der Waals surface area contributed by atoms with E-state index >= 15 is 0 Å². The molecular formula is C14H14F4N2O2. The number of halogens is 4. The summed E-state index contributed by atoms with van der Waals surface area (Å²) in [5, 5.41) is 7.21. The molecule has 0 saturated carbocycles. The minimum atomic E-state index is -4.19. The number of rotatable bonds is 7. The van der Waals surface area contributed by atoms with Crippen LogP contribution >= 0.6 is 0 Å². The quantitative estimate of drug-likeness (QED) is 0.577. The molecule has 22 heavy (non-hydrogen) atoms. The van der Waals surface area contributed by atoms with Gasteiger partial charge in [0, 0.05) is 12.8 Å². The van der Waals surface area contributed by atoms with Crippen LogP contribution in [0.5, 0.6) is 5.75 Å². The van der Waals surface area contributed by atoms with Crippen molar-refractivity contribution < 1.29 is 26.7 Å². The van der Waals surface area contributed by atoms with Crippen LogP contribution in [0.25, 0.3) is 0 Å². The summed E-state index contributed by atoms with van der Waals surface area (Å²) in [5.41, 5.74) is 0.381. The number of nitrogens with zero attached hydrogens (tertiary/aromatic N) is 2. The number of hydrogen-bond acceptors (Lipinski definition) is 4. The fourth-order valence-electron chi connectivity index (χ4n) is 1.84. The smallest absolute Gasteiger partial charge is 0.389 e. The van der Waals surface area contributed by atoms with Crippen LogP contribution < -0.4 is 4.74 Å². The average molecular weight is 318 g/mol. The number of aryl methyl sites for hydroxylation is 2. The monoisotopic (exact) mass is 318 g/mol. The van der Waals surface area contributed by atoms with Gasteiger partial charge in [-0.2, -0.15) is 13.2 Å². The Morgan fingerprint density at radius 3 is 2.68 bits per heavy atom. The first-order chi connectivity index (χ1) is 10.4. The molecule has 0 bridgehead atoms. The van der Waals surface area contributed by atoms with Crippen molar-refractivity contribution in [1.29, 1.82) is 0 Å².